The molecule has 22 heavy (non-hydrogen) atoms. The second-order valence-corrected chi connectivity index (χ2v) is 5.93. The van der Waals surface area contributed by atoms with Crippen molar-refractivity contribution in [3.63, 3.8) is 0 Å². The molecule has 0 aliphatic heterocycles. The molecule has 0 atom stereocenters. The highest BCUT2D eigenvalue weighted by Gasteiger charge is 2.17. The number of likely N-dealkylation sites (N-methyl/N-ethyl adjacent to an activating group) is 1. The number of nitrogens with zero attached hydrogens (tertiary/aromatic N) is 1. The molecular formula is C16H18N2O3S. The Hall–Kier alpha value is -2.18. The van der Waals surface area contributed by atoms with Gasteiger partial charge in [-0.1, -0.05) is 30.3 Å². The Labute approximate surface area is 133 Å². The minimum absolute atomic E-state index is 0.142. The van der Waals surface area contributed by atoms with Gasteiger partial charge in [0.2, 0.25) is 0 Å². The molecular weight excluding hydrogens is 300 g/mol. The zero-order valence-corrected chi connectivity index (χ0v) is 13.1. The molecule has 5 nitrogen and oxygen atoms in total. The van der Waals surface area contributed by atoms with Crippen LogP contribution in [0.4, 0.5) is 0 Å². The van der Waals surface area contributed by atoms with Crippen LogP contribution in [0.15, 0.2) is 42.5 Å². The van der Waals surface area contributed by atoms with Crippen LogP contribution in [0.25, 0.3) is 10.4 Å². The summed E-state index contributed by atoms with van der Waals surface area (Å²) < 4.78 is 0. The van der Waals surface area contributed by atoms with Gasteiger partial charge in [-0.25, -0.2) is 0 Å². The van der Waals surface area contributed by atoms with Gasteiger partial charge in [0.15, 0.2) is 0 Å². The summed E-state index contributed by atoms with van der Waals surface area (Å²) in [6, 6.07) is 13.9. The summed E-state index contributed by atoms with van der Waals surface area (Å²) in [7, 11) is 1.48. The fourth-order valence-electron chi connectivity index (χ4n) is 1.90. The van der Waals surface area contributed by atoms with Crippen LogP contribution in [-0.4, -0.2) is 42.0 Å². The molecule has 0 fully saturated rings. The Morgan fingerprint density at radius 1 is 1.18 bits per heavy atom. The maximum Gasteiger partial charge on any atom is 0.311 e. The second-order valence-electron chi connectivity index (χ2n) is 4.76. The minimum Gasteiger partial charge on any atom is -0.395 e. The molecule has 2 amide bonds. The van der Waals surface area contributed by atoms with Crippen molar-refractivity contribution in [3.8, 4) is 10.4 Å². The molecule has 2 rings (SSSR count). The van der Waals surface area contributed by atoms with Gasteiger partial charge in [0.05, 0.1) is 13.2 Å². The number of benzene rings is 1. The van der Waals surface area contributed by atoms with E-state index in [9.17, 15) is 9.59 Å². The fourth-order valence-corrected chi connectivity index (χ4v) is 2.85. The maximum absolute atomic E-state index is 11.7. The van der Waals surface area contributed by atoms with Gasteiger partial charge in [-0.15, -0.1) is 11.3 Å². The molecule has 1 aromatic carbocycles. The molecule has 0 aliphatic carbocycles. The summed E-state index contributed by atoms with van der Waals surface area (Å²) in [5.74, 6) is -1.31. The van der Waals surface area contributed by atoms with Gasteiger partial charge in [-0.2, -0.15) is 0 Å². The first-order valence-electron chi connectivity index (χ1n) is 6.90. The molecule has 2 aromatic rings. The number of hydrogen-bond donors (Lipinski definition) is 2. The third-order valence-corrected chi connectivity index (χ3v) is 4.25. The molecule has 0 unspecified atom stereocenters. The lowest BCUT2D eigenvalue weighted by Crippen LogP contribution is -2.41. The number of amides is 2. The zero-order valence-electron chi connectivity index (χ0n) is 12.3. The molecule has 1 aromatic heterocycles. The lowest BCUT2D eigenvalue weighted by molar-refractivity contribution is -0.145. The zero-order chi connectivity index (χ0) is 15.9. The smallest absolute Gasteiger partial charge is 0.311 e. The van der Waals surface area contributed by atoms with E-state index in [2.05, 4.69) is 5.32 Å². The van der Waals surface area contributed by atoms with Crippen LogP contribution in [0.3, 0.4) is 0 Å². The summed E-state index contributed by atoms with van der Waals surface area (Å²) in [5.41, 5.74) is 1.13. The number of thiophene rings is 1. The first kappa shape index (κ1) is 16.2. The highest BCUT2D eigenvalue weighted by atomic mass is 32.1. The molecule has 0 saturated carbocycles. The first-order chi connectivity index (χ1) is 10.6. The van der Waals surface area contributed by atoms with Gasteiger partial charge in [0.25, 0.3) is 0 Å². The van der Waals surface area contributed by atoms with Crippen LogP contribution in [-0.2, 0) is 16.1 Å². The summed E-state index contributed by atoms with van der Waals surface area (Å²) in [6.07, 6.45) is 0. The third-order valence-electron chi connectivity index (χ3n) is 3.12. The number of carbonyl (C=O) groups is 2. The van der Waals surface area contributed by atoms with E-state index >= 15 is 0 Å². The SMILES string of the molecule is CN(CCO)C(=O)C(=O)NCc1ccc(-c2ccccc2)s1. The van der Waals surface area contributed by atoms with Gasteiger partial charge in [0, 0.05) is 23.3 Å². The summed E-state index contributed by atoms with van der Waals surface area (Å²) in [4.78, 5) is 26.7. The van der Waals surface area contributed by atoms with Crippen molar-refractivity contribution in [1.29, 1.82) is 0 Å². The third kappa shape index (κ3) is 4.16. The van der Waals surface area contributed by atoms with Crippen molar-refractivity contribution < 1.29 is 14.7 Å². The molecule has 0 bridgehead atoms. The second kappa shape index (κ2) is 7.72. The Kier molecular flexibility index (Phi) is 5.68. The molecule has 0 aliphatic rings. The van der Waals surface area contributed by atoms with Crippen molar-refractivity contribution in [2.75, 3.05) is 20.2 Å². The van der Waals surface area contributed by atoms with E-state index in [-0.39, 0.29) is 13.2 Å². The summed E-state index contributed by atoms with van der Waals surface area (Å²) >= 11 is 1.58. The van der Waals surface area contributed by atoms with Crippen LogP contribution >= 0.6 is 11.3 Å². The number of carbonyl (C=O) groups excluding carboxylic acids is 2. The van der Waals surface area contributed by atoms with Crippen LogP contribution in [0.1, 0.15) is 4.88 Å². The highest BCUT2D eigenvalue weighted by Crippen LogP contribution is 2.27. The van der Waals surface area contributed by atoms with Crippen LogP contribution in [0.5, 0.6) is 0 Å². The van der Waals surface area contributed by atoms with E-state index in [0.29, 0.717) is 6.54 Å². The van der Waals surface area contributed by atoms with Gasteiger partial charge < -0.3 is 15.3 Å². The van der Waals surface area contributed by atoms with Crippen molar-refractivity contribution >= 4 is 23.2 Å². The predicted octanol–water partition coefficient (Wildman–Crippen LogP) is 1.48. The lowest BCUT2D eigenvalue weighted by Gasteiger charge is -2.14. The molecule has 2 N–H and O–H groups in total. The summed E-state index contributed by atoms with van der Waals surface area (Å²) in [5, 5.41) is 11.4. The quantitative estimate of drug-likeness (QED) is 0.821. The number of aliphatic hydroxyl groups is 1. The number of nitrogens with one attached hydrogen (secondary N) is 1. The van der Waals surface area contributed by atoms with Crippen molar-refractivity contribution in [2.45, 2.75) is 6.54 Å². The number of hydrogen-bond acceptors (Lipinski definition) is 4. The topological polar surface area (TPSA) is 69.6 Å². The molecule has 0 spiro atoms. The number of rotatable bonds is 5. The van der Waals surface area contributed by atoms with E-state index in [1.54, 1.807) is 11.3 Å². The largest absolute Gasteiger partial charge is 0.395 e. The molecule has 0 radical (unpaired) electrons. The molecule has 116 valence electrons. The average Bonchev–Trinajstić information content (AvgIpc) is 3.02. The Balaban J connectivity index is 1.91. The molecule has 0 saturated heterocycles. The highest BCUT2D eigenvalue weighted by molar-refractivity contribution is 7.15. The minimum atomic E-state index is -0.661. The van der Waals surface area contributed by atoms with Crippen LogP contribution < -0.4 is 5.32 Å². The van der Waals surface area contributed by atoms with Crippen molar-refractivity contribution in [3.05, 3.63) is 47.3 Å². The Morgan fingerprint density at radius 3 is 2.59 bits per heavy atom. The number of aliphatic hydroxyl groups excluding tert-OH is 1. The van der Waals surface area contributed by atoms with E-state index in [0.717, 1.165) is 15.3 Å². The van der Waals surface area contributed by atoms with Gasteiger partial charge >= 0.3 is 11.8 Å². The van der Waals surface area contributed by atoms with E-state index < -0.39 is 11.8 Å². The monoisotopic (exact) mass is 318 g/mol. The van der Waals surface area contributed by atoms with Crippen molar-refractivity contribution in [1.82, 2.24) is 10.2 Å². The van der Waals surface area contributed by atoms with Crippen molar-refractivity contribution in [2.24, 2.45) is 0 Å². The van der Waals surface area contributed by atoms with Crippen LogP contribution in [0, 0.1) is 0 Å². The normalized spacial score (nSPS) is 10.3. The molecule has 6 heteroatoms. The predicted molar refractivity (Wildman–Crippen MR) is 86.3 cm³/mol. The van der Waals surface area contributed by atoms with Gasteiger partial charge in [0.1, 0.15) is 0 Å². The van der Waals surface area contributed by atoms with E-state index in [4.69, 9.17) is 5.11 Å². The molecule has 1 heterocycles. The van der Waals surface area contributed by atoms with Gasteiger partial charge in [-0.3, -0.25) is 9.59 Å². The van der Waals surface area contributed by atoms with Gasteiger partial charge in [-0.05, 0) is 17.7 Å². The lowest BCUT2D eigenvalue weighted by atomic mass is 10.2. The van der Waals surface area contributed by atoms with E-state index in [1.807, 2.05) is 42.5 Å². The fraction of sp³-hybridized carbons (Fsp3) is 0.250. The Bertz CT molecular complexity index is 640. The summed E-state index contributed by atoms with van der Waals surface area (Å²) in [6.45, 7) is 0.291. The van der Waals surface area contributed by atoms with Crippen LogP contribution in [0.2, 0.25) is 0 Å². The average molecular weight is 318 g/mol. The Morgan fingerprint density at radius 2 is 1.91 bits per heavy atom. The standard InChI is InChI=1S/C16H18N2O3S/c1-18(9-10-19)16(21)15(20)17-11-13-7-8-14(22-13)12-5-3-2-4-6-12/h2-8,19H,9-11H2,1H3,(H,17,20). The van der Waals surface area contributed by atoms with E-state index in [1.165, 1.54) is 11.9 Å². The maximum atomic E-state index is 11.7. The first-order valence-corrected chi connectivity index (χ1v) is 7.71.